The van der Waals surface area contributed by atoms with Crippen molar-refractivity contribution in [2.45, 2.75) is 0 Å². The van der Waals surface area contributed by atoms with Gasteiger partial charge in [0.25, 0.3) is 5.56 Å². The molecule has 0 aliphatic rings. The van der Waals surface area contributed by atoms with E-state index in [-0.39, 0.29) is 11.1 Å². The lowest BCUT2D eigenvalue weighted by Gasteiger charge is -1.87. The van der Waals surface area contributed by atoms with Gasteiger partial charge in [-0.1, -0.05) is 12.1 Å². The first-order valence-corrected chi connectivity index (χ1v) is 4.10. The molecule has 70 valence electrons. The second-order valence-corrected chi connectivity index (χ2v) is 2.96. The van der Waals surface area contributed by atoms with Gasteiger partial charge in [-0.3, -0.25) is 9.59 Å². The number of hydrogen-bond acceptors (Lipinski definition) is 3. The minimum Gasteiger partial charge on any atom is -0.394 e. The molecule has 4 nitrogen and oxygen atoms in total. The number of nitrogens with one attached hydrogen (secondary N) is 1. The van der Waals surface area contributed by atoms with Gasteiger partial charge in [0.1, 0.15) is 5.69 Å². The Morgan fingerprint density at radius 2 is 1.86 bits per heavy atom. The molecule has 1 heterocycles. The number of hydrogen-bond donors (Lipinski definition) is 2. The number of nitrogen functional groups attached to an aromatic ring is 1. The summed E-state index contributed by atoms with van der Waals surface area (Å²) in [5, 5.41) is 0.460. The molecule has 2 aromatic rings. The van der Waals surface area contributed by atoms with Crippen LogP contribution in [0.3, 0.4) is 0 Å². The first-order valence-electron chi connectivity index (χ1n) is 4.10. The Labute approximate surface area is 79.0 Å². The molecule has 0 aliphatic carbocycles. The molecule has 0 radical (unpaired) electrons. The van der Waals surface area contributed by atoms with Gasteiger partial charge in [-0.25, -0.2) is 0 Å². The van der Waals surface area contributed by atoms with Crippen molar-refractivity contribution in [2.75, 3.05) is 5.73 Å². The van der Waals surface area contributed by atoms with Gasteiger partial charge >= 0.3 is 0 Å². The van der Waals surface area contributed by atoms with E-state index < -0.39 is 5.56 Å². The second-order valence-electron chi connectivity index (χ2n) is 2.96. The Bertz CT molecular complexity index is 602. The molecule has 0 spiro atoms. The molecule has 0 fully saturated rings. The van der Waals surface area contributed by atoms with E-state index >= 15 is 0 Å². The summed E-state index contributed by atoms with van der Waals surface area (Å²) in [7, 11) is 0. The summed E-state index contributed by atoms with van der Waals surface area (Å²) in [6.07, 6.45) is 0. The number of H-pyrrole nitrogens is 1. The molecule has 14 heavy (non-hydrogen) atoms. The van der Waals surface area contributed by atoms with Crippen LogP contribution >= 0.6 is 0 Å². The summed E-state index contributed by atoms with van der Waals surface area (Å²) >= 11 is 0. The Morgan fingerprint density at radius 3 is 2.64 bits per heavy atom. The molecule has 2 rings (SSSR count). The lowest BCUT2D eigenvalue weighted by atomic mass is 10.2. The van der Waals surface area contributed by atoms with Crippen LogP contribution in [-0.4, -0.2) is 4.98 Å². The molecule has 1 aromatic carbocycles. The normalized spacial score (nSPS) is 10.3. The quantitative estimate of drug-likeness (QED) is 0.631. The zero-order valence-corrected chi connectivity index (χ0v) is 7.28. The van der Waals surface area contributed by atoms with Gasteiger partial charge in [-0.2, -0.15) is 0 Å². The van der Waals surface area contributed by atoms with Gasteiger partial charge in [0, 0.05) is 11.5 Å². The minimum atomic E-state index is -0.441. The third kappa shape index (κ3) is 1.26. The average Bonchev–Trinajstić information content (AvgIpc) is 2.27. The third-order valence-corrected chi connectivity index (χ3v) is 1.99. The third-order valence-electron chi connectivity index (χ3n) is 1.99. The summed E-state index contributed by atoms with van der Waals surface area (Å²) in [5.41, 5.74) is 5.12. The number of rotatable bonds is 0. The molecule has 3 N–H and O–H groups in total. The van der Waals surface area contributed by atoms with Crippen LogP contribution in [-0.2, 0) is 0 Å². The smallest absolute Gasteiger partial charge is 0.271 e. The maximum Gasteiger partial charge on any atom is 0.271 e. The van der Waals surface area contributed by atoms with Crippen LogP contribution in [0, 0.1) is 0 Å². The van der Waals surface area contributed by atoms with Gasteiger partial charge in [0.2, 0.25) is 0 Å². The van der Waals surface area contributed by atoms with Gasteiger partial charge in [0.05, 0.1) is 5.52 Å². The number of aromatic nitrogens is 1. The molecule has 1 aromatic heterocycles. The maximum atomic E-state index is 11.5. The van der Waals surface area contributed by atoms with Gasteiger partial charge in [-0.15, -0.1) is 0 Å². The average molecular weight is 188 g/mol. The topological polar surface area (TPSA) is 76.0 Å². The predicted molar refractivity (Wildman–Crippen MR) is 55.3 cm³/mol. The molecule has 0 saturated carbocycles. The van der Waals surface area contributed by atoms with Crippen molar-refractivity contribution in [2.24, 2.45) is 0 Å². The van der Waals surface area contributed by atoms with E-state index in [1.165, 1.54) is 0 Å². The highest BCUT2D eigenvalue weighted by Gasteiger charge is 1.98. The van der Waals surface area contributed by atoms with Crippen molar-refractivity contribution in [1.29, 1.82) is 0 Å². The lowest BCUT2D eigenvalue weighted by Crippen LogP contribution is -2.08. The van der Waals surface area contributed by atoms with E-state index in [4.69, 9.17) is 5.73 Å². The number of nitrogens with two attached hydrogens (primary N) is 1. The van der Waals surface area contributed by atoms with Gasteiger partial charge in [-0.05, 0) is 12.1 Å². The number of fused-ring (bicyclic) bond motifs is 1. The van der Waals surface area contributed by atoms with Crippen LogP contribution in [0.25, 0.3) is 10.9 Å². The summed E-state index contributed by atoms with van der Waals surface area (Å²) in [5.74, 6) is 0. The van der Waals surface area contributed by atoms with Crippen molar-refractivity contribution >= 4 is 16.6 Å². The van der Waals surface area contributed by atoms with E-state index in [1.54, 1.807) is 24.3 Å². The lowest BCUT2D eigenvalue weighted by molar-refractivity contribution is 1.33. The Kier molecular flexibility index (Phi) is 1.81. The monoisotopic (exact) mass is 188 g/mol. The first-order chi connectivity index (χ1) is 6.68. The van der Waals surface area contributed by atoms with Crippen LogP contribution in [0.15, 0.2) is 39.9 Å². The van der Waals surface area contributed by atoms with Crippen LogP contribution in [0.5, 0.6) is 0 Å². The van der Waals surface area contributed by atoms with E-state index in [0.29, 0.717) is 10.9 Å². The molecular formula is C10H8N2O2. The minimum absolute atomic E-state index is 0.0637. The fourth-order valence-electron chi connectivity index (χ4n) is 1.29. The van der Waals surface area contributed by atoms with Crippen LogP contribution in [0.1, 0.15) is 0 Å². The Morgan fingerprint density at radius 1 is 1.14 bits per heavy atom. The van der Waals surface area contributed by atoms with Gasteiger partial charge < -0.3 is 10.7 Å². The fraction of sp³-hybridized carbons (Fsp3) is 0. The van der Waals surface area contributed by atoms with E-state index in [9.17, 15) is 9.59 Å². The van der Waals surface area contributed by atoms with Crippen LogP contribution < -0.4 is 16.7 Å². The van der Waals surface area contributed by atoms with Crippen molar-refractivity contribution < 1.29 is 0 Å². The SMILES string of the molecule is Nc1cc(=O)c2ccccc2[nH]c1=O. The molecule has 0 aliphatic heterocycles. The van der Waals surface area contributed by atoms with E-state index in [0.717, 1.165) is 6.07 Å². The van der Waals surface area contributed by atoms with Crippen LogP contribution in [0.2, 0.25) is 0 Å². The summed E-state index contributed by atoms with van der Waals surface area (Å²) < 4.78 is 0. The largest absolute Gasteiger partial charge is 0.394 e. The molecule has 0 atom stereocenters. The maximum absolute atomic E-state index is 11.5. The summed E-state index contributed by atoms with van der Waals surface area (Å²) in [6, 6.07) is 7.93. The van der Waals surface area contributed by atoms with E-state index in [1.807, 2.05) is 0 Å². The highest BCUT2D eigenvalue weighted by atomic mass is 16.1. The van der Waals surface area contributed by atoms with Crippen molar-refractivity contribution in [3.63, 3.8) is 0 Å². The first kappa shape index (κ1) is 8.50. The number of para-hydroxylation sites is 1. The highest BCUT2D eigenvalue weighted by Crippen LogP contribution is 2.03. The number of benzene rings is 1. The van der Waals surface area contributed by atoms with Crippen molar-refractivity contribution in [1.82, 2.24) is 4.98 Å². The predicted octanol–water partition coefficient (Wildman–Crippen LogP) is 0.471. The summed E-state index contributed by atoms with van der Waals surface area (Å²) in [6.45, 7) is 0. The molecule has 4 heteroatoms. The molecular weight excluding hydrogens is 180 g/mol. The highest BCUT2D eigenvalue weighted by molar-refractivity contribution is 5.78. The molecule has 0 bridgehead atoms. The standard InChI is InChI=1S/C10H8N2O2/c11-7-5-9(13)6-3-1-2-4-8(6)12-10(7)14/h1-5H,11H2,(H,12,14). The fourth-order valence-corrected chi connectivity index (χ4v) is 1.29. The Balaban J connectivity index is 3.13. The molecule has 0 amide bonds. The molecule has 0 unspecified atom stereocenters. The second kappa shape index (κ2) is 2.99. The van der Waals surface area contributed by atoms with Crippen LogP contribution in [0.4, 0.5) is 5.69 Å². The Hall–Kier alpha value is -2.10. The zero-order valence-electron chi connectivity index (χ0n) is 7.28. The zero-order chi connectivity index (χ0) is 10.1. The summed E-state index contributed by atoms with van der Waals surface area (Å²) in [4.78, 5) is 25.3. The number of anilines is 1. The van der Waals surface area contributed by atoms with E-state index in [2.05, 4.69) is 4.98 Å². The number of aromatic amines is 1. The van der Waals surface area contributed by atoms with Gasteiger partial charge in [0.15, 0.2) is 5.43 Å². The van der Waals surface area contributed by atoms with Crippen molar-refractivity contribution in [3.05, 3.63) is 50.9 Å². The molecule has 0 saturated heterocycles. The van der Waals surface area contributed by atoms with Crippen molar-refractivity contribution in [3.8, 4) is 0 Å².